The minimum atomic E-state index is -0.0545. The average Bonchev–Trinajstić information content (AvgIpc) is 2.98. The number of likely N-dealkylation sites (tertiary alicyclic amines) is 1. The third-order valence-electron chi connectivity index (χ3n) is 5.61. The number of hydrogen-bond acceptors (Lipinski definition) is 3. The van der Waals surface area contributed by atoms with E-state index in [0.717, 1.165) is 47.9 Å². The predicted molar refractivity (Wildman–Crippen MR) is 95.4 cm³/mol. The lowest BCUT2D eigenvalue weighted by molar-refractivity contribution is 0.207. The number of nitrogens with zero attached hydrogens (tertiary/aromatic N) is 4. The Labute approximate surface area is 147 Å². The van der Waals surface area contributed by atoms with Gasteiger partial charge in [-0.15, -0.1) is 0 Å². The van der Waals surface area contributed by atoms with Crippen LogP contribution >= 0.6 is 0 Å². The highest BCUT2D eigenvalue weighted by molar-refractivity contribution is 5.89. The number of hydrogen-bond donors (Lipinski definition) is 2. The van der Waals surface area contributed by atoms with Crippen LogP contribution in [0.4, 0.5) is 10.5 Å². The van der Waals surface area contributed by atoms with Gasteiger partial charge in [0.05, 0.1) is 29.7 Å². The molecule has 2 atom stereocenters. The summed E-state index contributed by atoms with van der Waals surface area (Å²) in [5.74, 6) is 0.735. The SMILES string of the molecule is Cc1n[nH]c(C)c1[C@@H]1CCCN1C(=O)Nc1cnn([C@@H](C)C2CC2)c1. The van der Waals surface area contributed by atoms with Crippen molar-refractivity contribution in [2.75, 3.05) is 11.9 Å². The van der Waals surface area contributed by atoms with Crippen molar-refractivity contribution < 1.29 is 4.79 Å². The molecule has 0 radical (unpaired) electrons. The number of carbonyl (C=O) groups excluding carboxylic acids is 1. The maximum Gasteiger partial charge on any atom is 0.322 e. The fourth-order valence-electron chi connectivity index (χ4n) is 3.98. The molecular weight excluding hydrogens is 316 g/mol. The third kappa shape index (κ3) is 3.03. The summed E-state index contributed by atoms with van der Waals surface area (Å²) in [5, 5.41) is 14.8. The van der Waals surface area contributed by atoms with E-state index in [9.17, 15) is 4.79 Å². The molecule has 2 aliphatic rings. The summed E-state index contributed by atoms with van der Waals surface area (Å²) >= 11 is 0. The van der Waals surface area contributed by atoms with Crippen molar-refractivity contribution in [1.82, 2.24) is 24.9 Å². The van der Waals surface area contributed by atoms with Crippen molar-refractivity contribution in [3.05, 3.63) is 29.3 Å². The van der Waals surface area contributed by atoms with Gasteiger partial charge in [0.1, 0.15) is 0 Å². The highest BCUT2D eigenvalue weighted by Crippen LogP contribution is 2.39. The van der Waals surface area contributed by atoms with Crippen LogP contribution in [0.5, 0.6) is 0 Å². The second-order valence-corrected chi connectivity index (χ2v) is 7.42. The molecule has 1 saturated carbocycles. The van der Waals surface area contributed by atoms with E-state index in [1.54, 1.807) is 6.20 Å². The Morgan fingerprint density at radius 3 is 2.84 bits per heavy atom. The number of rotatable bonds is 4. The number of aromatic nitrogens is 4. The quantitative estimate of drug-likeness (QED) is 0.891. The molecule has 134 valence electrons. The van der Waals surface area contributed by atoms with Crippen LogP contribution in [0, 0.1) is 19.8 Å². The number of anilines is 1. The molecule has 2 aromatic heterocycles. The van der Waals surface area contributed by atoms with Gasteiger partial charge in [-0.2, -0.15) is 10.2 Å². The molecule has 7 heteroatoms. The summed E-state index contributed by atoms with van der Waals surface area (Å²) in [6.45, 7) is 6.98. The summed E-state index contributed by atoms with van der Waals surface area (Å²) in [6, 6.07) is 0.446. The predicted octanol–water partition coefficient (Wildman–Crippen LogP) is 3.56. The van der Waals surface area contributed by atoms with Crippen molar-refractivity contribution in [2.45, 2.75) is 58.5 Å². The first-order valence-electron chi connectivity index (χ1n) is 9.18. The van der Waals surface area contributed by atoms with E-state index in [1.807, 2.05) is 29.6 Å². The first-order valence-corrected chi connectivity index (χ1v) is 9.18. The fraction of sp³-hybridized carbons (Fsp3) is 0.611. The zero-order chi connectivity index (χ0) is 17.6. The Morgan fingerprint density at radius 2 is 2.16 bits per heavy atom. The minimum Gasteiger partial charge on any atom is -0.317 e. The van der Waals surface area contributed by atoms with E-state index in [4.69, 9.17) is 0 Å². The largest absolute Gasteiger partial charge is 0.322 e. The standard InChI is InChI=1S/C18H26N6O/c1-11-17(12(2)22-21-11)16-5-4-8-23(16)18(25)20-15-9-19-24(10-15)13(3)14-6-7-14/h9-10,13-14,16H,4-8H2,1-3H3,(H,20,25)(H,21,22)/t13-,16-/m0/s1. The topological polar surface area (TPSA) is 78.8 Å². The lowest BCUT2D eigenvalue weighted by atomic mass is 10.0. The molecule has 1 aliphatic heterocycles. The maximum atomic E-state index is 12.8. The van der Waals surface area contributed by atoms with Gasteiger partial charge in [-0.25, -0.2) is 4.79 Å². The molecule has 2 amide bonds. The van der Waals surface area contributed by atoms with Crippen molar-refractivity contribution in [3.8, 4) is 0 Å². The molecule has 3 heterocycles. The van der Waals surface area contributed by atoms with Gasteiger partial charge in [0, 0.05) is 24.0 Å². The molecule has 4 rings (SSSR count). The van der Waals surface area contributed by atoms with Gasteiger partial charge >= 0.3 is 6.03 Å². The molecule has 25 heavy (non-hydrogen) atoms. The Morgan fingerprint density at radius 1 is 1.36 bits per heavy atom. The molecular formula is C18H26N6O. The van der Waals surface area contributed by atoms with Crippen LogP contribution in [0.1, 0.15) is 61.6 Å². The Kier molecular flexibility index (Phi) is 4.01. The Hall–Kier alpha value is -2.31. The maximum absolute atomic E-state index is 12.8. The van der Waals surface area contributed by atoms with Gasteiger partial charge in [0.25, 0.3) is 0 Å². The summed E-state index contributed by atoms with van der Waals surface area (Å²) in [7, 11) is 0. The van der Waals surface area contributed by atoms with Crippen LogP contribution in [-0.2, 0) is 0 Å². The van der Waals surface area contributed by atoms with Crippen LogP contribution in [0.25, 0.3) is 0 Å². The second-order valence-electron chi connectivity index (χ2n) is 7.42. The molecule has 1 saturated heterocycles. The molecule has 0 spiro atoms. The van der Waals surface area contributed by atoms with E-state index < -0.39 is 0 Å². The number of amides is 2. The first kappa shape index (κ1) is 16.2. The molecule has 7 nitrogen and oxygen atoms in total. The van der Waals surface area contributed by atoms with Gasteiger partial charge < -0.3 is 10.2 Å². The molecule has 2 fully saturated rings. The van der Waals surface area contributed by atoms with Gasteiger partial charge in [0.2, 0.25) is 0 Å². The number of nitrogens with one attached hydrogen (secondary N) is 2. The van der Waals surface area contributed by atoms with Gasteiger partial charge in [0.15, 0.2) is 0 Å². The van der Waals surface area contributed by atoms with Gasteiger partial charge in [-0.3, -0.25) is 9.78 Å². The van der Waals surface area contributed by atoms with Crippen LogP contribution in [-0.4, -0.2) is 37.5 Å². The van der Waals surface area contributed by atoms with Gasteiger partial charge in [-0.05, 0) is 52.4 Å². The summed E-state index contributed by atoms with van der Waals surface area (Å²) in [5.41, 5.74) is 3.95. The molecule has 2 N–H and O–H groups in total. The summed E-state index contributed by atoms with van der Waals surface area (Å²) in [4.78, 5) is 14.7. The lowest BCUT2D eigenvalue weighted by Gasteiger charge is -2.25. The van der Waals surface area contributed by atoms with E-state index in [0.29, 0.717) is 6.04 Å². The smallest absolute Gasteiger partial charge is 0.317 e. The van der Waals surface area contributed by atoms with Crippen molar-refractivity contribution in [1.29, 1.82) is 0 Å². The van der Waals surface area contributed by atoms with Crippen molar-refractivity contribution >= 4 is 11.7 Å². The second kappa shape index (κ2) is 6.20. The van der Waals surface area contributed by atoms with Crippen LogP contribution in [0.2, 0.25) is 0 Å². The van der Waals surface area contributed by atoms with E-state index in [2.05, 4.69) is 27.5 Å². The van der Waals surface area contributed by atoms with E-state index in [1.165, 1.54) is 12.8 Å². The van der Waals surface area contributed by atoms with E-state index in [-0.39, 0.29) is 12.1 Å². The van der Waals surface area contributed by atoms with Crippen LogP contribution in [0.3, 0.4) is 0 Å². The monoisotopic (exact) mass is 342 g/mol. The highest BCUT2D eigenvalue weighted by Gasteiger charge is 2.33. The number of H-pyrrole nitrogens is 1. The zero-order valence-electron chi connectivity index (χ0n) is 15.1. The van der Waals surface area contributed by atoms with Crippen LogP contribution < -0.4 is 5.32 Å². The average molecular weight is 342 g/mol. The van der Waals surface area contributed by atoms with E-state index >= 15 is 0 Å². The lowest BCUT2D eigenvalue weighted by Crippen LogP contribution is -2.34. The minimum absolute atomic E-state index is 0.0545. The molecule has 0 bridgehead atoms. The Bertz CT molecular complexity index is 755. The summed E-state index contributed by atoms with van der Waals surface area (Å²) in [6.07, 6.45) is 8.24. The molecule has 0 unspecified atom stereocenters. The highest BCUT2D eigenvalue weighted by atomic mass is 16.2. The first-order chi connectivity index (χ1) is 12.0. The summed E-state index contributed by atoms with van der Waals surface area (Å²) < 4.78 is 1.97. The molecule has 2 aromatic rings. The van der Waals surface area contributed by atoms with Crippen molar-refractivity contribution in [3.63, 3.8) is 0 Å². The van der Waals surface area contributed by atoms with Crippen LogP contribution in [0.15, 0.2) is 12.4 Å². The molecule has 0 aromatic carbocycles. The number of carbonyl (C=O) groups is 1. The number of aromatic amines is 1. The van der Waals surface area contributed by atoms with Crippen molar-refractivity contribution in [2.24, 2.45) is 5.92 Å². The third-order valence-corrected chi connectivity index (χ3v) is 5.61. The molecule has 1 aliphatic carbocycles. The Balaban J connectivity index is 1.47. The number of urea groups is 1. The fourth-order valence-corrected chi connectivity index (χ4v) is 3.98. The van der Waals surface area contributed by atoms with Gasteiger partial charge in [-0.1, -0.05) is 0 Å². The normalized spacial score (nSPS) is 21.6. The zero-order valence-corrected chi connectivity index (χ0v) is 15.1. The number of aryl methyl sites for hydroxylation is 2.